The summed E-state index contributed by atoms with van der Waals surface area (Å²) in [4.78, 5) is 14.1. The molecule has 4 heteroatoms. The summed E-state index contributed by atoms with van der Waals surface area (Å²) in [5.74, 6) is 0.930. The van der Waals surface area contributed by atoms with Crippen LogP contribution in [-0.2, 0) is 4.79 Å². The Bertz CT molecular complexity index is 252. The maximum Gasteiger partial charge on any atom is 0.234 e. The van der Waals surface area contributed by atoms with E-state index in [1.807, 2.05) is 20.8 Å². The number of carbonyl (C=O) groups is 1. The van der Waals surface area contributed by atoms with Crippen molar-refractivity contribution in [3.8, 4) is 0 Å². The van der Waals surface area contributed by atoms with Crippen molar-refractivity contribution < 1.29 is 4.79 Å². The van der Waals surface area contributed by atoms with Crippen molar-refractivity contribution in [1.29, 1.82) is 0 Å². The van der Waals surface area contributed by atoms with Crippen molar-refractivity contribution in [3.05, 3.63) is 0 Å². The molecule has 0 aromatic rings. The minimum Gasteiger partial charge on any atom is -0.350 e. The summed E-state index contributed by atoms with van der Waals surface area (Å²) >= 11 is 0. The average Bonchev–Trinajstić information content (AvgIpc) is 2.25. The Hall–Kier alpha value is -0.610. The molecule has 1 aliphatic rings. The average molecular weight is 255 g/mol. The van der Waals surface area contributed by atoms with Gasteiger partial charge in [0.2, 0.25) is 5.91 Å². The van der Waals surface area contributed by atoms with Crippen LogP contribution >= 0.6 is 0 Å². The van der Waals surface area contributed by atoms with Gasteiger partial charge in [0.25, 0.3) is 0 Å². The van der Waals surface area contributed by atoms with E-state index in [1.165, 1.54) is 12.8 Å². The lowest BCUT2D eigenvalue weighted by Gasteiger charge is -2.32. The molecule has 1 saturated heterocycles. The molecule has 0 aliphatic carbocycles. The number of nitrogens with one attached hydrogen (secondary N) is 2. The van der Waals surface area contributed by atoms with E-state index in [0.29, 0.717) is 6.54 Å². The van der Waals surface area contributed by atoms with Crippen LogP contribution in [0.4, 0.5) is 0 Å². The molecule has 4 nitrogen and oxygen atoms in total. The van der Waals surface area contributed by atoms with E-state index in [-0.39, 0.29) is 11.4 Å². The number of rotatable bonds is 5. The summed E-state index contributed by atoms with van der Waals surface area (Å²) < 4.78 is 0. The lowest BCUT2D eigenvalue weighted by molar-refractivity contribution is -0.124. The zero-order chi connectivity index (χ0) is 13.6. The predicted molar refractivity (Wildman–Crippen MR) is 75.6 cm³/mol. The van der Waals surface area contributed by atoms with Gasteiger partial charge in [0.1, 0.15) is 0 Å². The SMILES string of the molecule is CCNCC1CCN(CC(=O)NC(C)(C)C)CC1. The second-order valence-corrected chi connectivity index (χ2v) is 6.33. The second kappa shape index (κ2) is 7.10. The zero-order valence-electron chi connectivity index (χ0n) is 12.4. The first kappa shape index (κ1) is 15.4. The molecular formula is C14H29N3O. The molecule has 1 aliphatic heterocycles. The normalized spacial score (nSPS) is 18.9. The van der Waals surface area contributed by atoms with Crippen molar-refractivity contribution >= 4 is 5.91 Å². The predicted octanol–water partition coefficient (Wildman–Crippen LogP) is 1.22. The number of likely N-dealkylation sites (tertiary alicyclic amines) is 1. The van der Waals surface area contributed by atoms with Crippen molar-refractivity contribution in [1.82, 2.24) is 15.5 Å². The first-order valence-corrected chi connectivity index (χ1v) is 7.15. The highest BCUT2D eigenvalue weighted by atomic mass is 16.2. The maximum absolute atomic E-state index is 11.8. The van der Waals surface area contributed by atoms with Crippen LogP contribution in [0.25, 0.3) is 0 Å². The van der Waals surface area contributed by atoms with E-state index in [4.69, 9.17) is 0 Å². The second-order valence-electron chi connectivity index (χ2n) is 6.33. The Balaban J connectivity index is 2.21. The van der Waals surface area contributed by atoms with Crippen LogP contribution in [0.1, 0.15) is 40.5 Å². The Morgan fingerprint density at radius 3 is 2.39 bits per heavy atom. The Morgan fingerprint density at radius 1 is 1.28 bits per heavy atom. The molecule has 1 amide bonds. The summed E-state index contributed by atoms with van der Waals surface area (Å²) in [5.41, 5.74) is -0.125. The number of carbonyl (C=O) groups excluding carboxylic acids is 1. The van der Waals surface area contributed by atoms with Crippen molar-refractivity contribution in [2.24, 2.45) is 5.92 Å². The minimum absolute atomic E-state index is 0.125. The molecule has 2 N–H and O–H groups in total. The van der Waals surface area contributed by atoms with Gasteiger partial charge < -0.3 is 10.6 Å². The van der Waals surface area contributed by atoms with Crippen LogP contribution in [0.3, 0.4) is 0 Å². The minimum atomic E-state index is -0.125. The Labute approximate surface area is 111 Å². The highest BCUT2D eigenvalue weighted by Gasteiger charge is 2.21. The fourth-order valence-corrected chi connectivity index (χ4v) is 2.36. The smallest absolute Gasteiger partial charge is 0.234 e. The molecule has 106 valence electrons. The summed E-state index contributed by atoms with van der Waals surface area (Å²) in [6.45, 7) is 13.0. The van der Waals surface area contributed by atoms with Crippen molar-refractivity contribution in [3.63, 3.8) is 0 Å². The molecule has 0 bridgehead atoms. The van der Waals surface area contributed by atoms with Gasteiger partial charge in [-0.2, -0.15) is 0 Å². The molecule has 0 aromatic heterocycles. The Kier molecular flexibility index (Phi) is 6.09. The highest BCUT2D eigenvalue weighted by molar-refractivity contribution is 5.78. The fourth-order valence-electron chi connectivity index (χ4n) is 2.36. The number of amides is 1. The van der Waals surface area contributed by atoms with E-state index in [1.54, 1.807) is 0 Å². The molecular weight excluding hydrogens is 226 g/mol. The summed E-state index contributed by atoms with van der Waals surface area (Å²) in [6.07, 6.45) is 2.41. The molecule has 0 spiro atoms. The third-order valence-corrected chi connectivity index (χ3v) is 3.27. The van der Waals surface area contributed by atoms with Crippen LogP contribution in [0, 0.1) is 5.92 Å². The lowest BCUT2D eigenvalue weighted by atomic mass is 9.97. The molecule has 0 radical (unpaired) electrons. The molecule has 0 unspecified atom stereocenters. The van der Waals surface area contributed by atoms with Crippen LogP contribution < -0.4 is 10.6 Å². The van der Waals surface area contributed by atoms with Crippen LogP contribution in [0.15, 0.2) is 0 Å². The molecule has 0 aromatic carbocycles. The van der Waals surface area contributed by atoms with Gasteiger partial charge in [0.05, 0.1) is 6.54 Å². The van der Waals surface area contributed by atoms with Gasteiger partial charge in [-0.05, 0) is 65.7 Å². The topological polar surface area (TPSA) is 44.4 Å². The molecule has 0 atom stereocenters. The van der Waals surface area contributed by atoms with Gasteiger partial charge in [-0.3, -0.25) is 9.69 Å². The largest absolute Gasteiger partial charge is 0.350 e. The third kappa shape index (κ3) is 6.36. The third-order valence-electron chi connectivity index (χ3n) is 3.27. The van der Waals surface area contributed by atoms with Gasteiger partial charge in [-0.1, -0.05) is 6.92 Å². The van der Waals surface area contributed by atoms with Gasteiger partial charge in [-0.25, -0.2) is 0 Å². The quantitative estimate of drug-likeness (QED) is 0.776. The maximum atomic E-state index is 11.8. The molecule has 18 heavy (non-hydrogen) atoms. The summed E-state index contributed by atoms with van der Waals surface area (Å²) in [5, 5.41) is 6.43. The molecule has 0 saturated carbocycles. The number of hydrogen-bond donors (Lipinski definition) is 2. The van der Waals surface area contributed by atoms with Gasteiger partial charge in [-0.15, -0.1) is 0 Å². The van der Waals surface area contributed by atoms with Crippen molar-refractivity contribution in [2.45, 2.75) is 46.1 Å². The first-order valence-electron chi connectivity index (χ1n) is 7.15. The summed E-state index contributed by atoms with van der Waals surface area (Å²) in [7, 11) is 0. The van der Waals surface area contributed by atoms with E-state index < -0.39 is 0 Å². The fraction of sp³-hybridized carbons (Fsp3) is 0.929. The monoisotopic (exact) mass is 255 g/mol. The summed E-state index contributed by atoms with van der Waals surface area (Å²) in [6, 6.07) is 0. The van der Waals surface area contributed by atoms with E-state index in [0.717, 1.165) is 32.1 Å². The number of nitrogens with zero attached hydrogens (tertiary/aromatic N) is 1. The molecule has 1 fully saturated rings. The number of hydrogen-bond acceptors (Lipinski definition) is 3. The van der Waals surface area contributed by atoms with Gasteiger partial charge >= 0.3 is 0 Å². The lowest BCUT2D eigenvalue weighted by Crippen LogP contribution is -2.48. The van der Waals surface area contributed by atoms with E-state index in [2.05, 4.69) is 22.5 Å². The van der Waals surface area contributed by atoms with Crippen LogP contribution in [-0.4, -0.2) is 49.1 Å². The van der Waals surface area contributed by atoms with Gasteiger partial charge in [0.15, 0.2) is 0 Å². The Morgan fingerprint density at radius 2 is 1.89 bits per heavy atom. The number of piperidine rings is 1. The van der Waals surface area contributed by atoms with Crippen LogP contribution in [0.5, 0.6) is 0 Å². The highest BCUT2D eigenvalue weighted by Crippen LogP contribution is 2.16. The molecule has 1 rings (SSSR count). The van der Waals surface area contributed by atoms with E-state index in [9.17, 15) is 4.79 Å². The standard InChI is InChI=1S/C14H29N3O/c1-5-15-10-12-6-8-17(9-7-12)11-13(18)16-14(2,3)4/h12,15H,5-11H2,1-4H3,(H,16,18). The zero-order valence-corrected chi connectivity index (χ0v) is 12.4. The van der Waals surface area contributed by atoms with Crippen LogP contribution in [0.2, 0.25) is 0 Å². The van der Waals surface area contributed by atoms with Crippen molar-refractivity contribution in [2.75, 3.05) is 32.7 Å². The molecule has 1 heterocycles. The van der Waals surface area contributed by atoms with Gasteiger partial charge in [0, 0.05) is 5.54 Å². The van der Waals surface area contributed by atoms with E-state index >= 15 is 0 Å². The first-order chi connectivity index (χ1) is 8.40.